The number of hydrogen-bond donors (Lipinski definition) is 0. The Hall–Kier alpha value is -2.08. The molecule has 6 rings (SSSR count). The van der Waals surface area contributed by atoms with Gasteiger partial charge in [0.05, 0.1) is 0 Å². The maximum absolute atomic E-state index is 2.70. The number of fused-ring (bicyclic) bond motifs is 6. The van der Waals surface area contributed by atoms with Crippen molar-refractivity contribution in [1.82, 2.24) is 0 Å². The van der Waals surface area contributed by atoms with Crippen LogP contribution in [0.15, 0.2) is 76.9 Å². The van der Waals surface area contributed by atoms with Crippen LogP contribution in [0.2, 0.25) is 0 Å². The van der Waals surface area contributed by atoms with E-state index in [1.165, 1.54) is 23.1 Å². The van der Waals surface area contributed by atoms with Crippen LogP contribution in [0.3, 0.4) is 0 Å². The molecule has 0 heterocycles. The highest BCUT2D eigenvalue weighted by molar-refractivity contribution is 5.92. The number of hydrogen-bond acceptors (Lipinski definition) is 0. The van der Waals surface area contributed by atoms with Gasteiger partial charge in [0.1, 0.15) is 0 Å². The molecule has 0 aliphatic heterocycles. The van der Waals surface area contributed by atoms with E-state index in [-0.39, 0.29) is 27.1 Å². The SMILES string of the molecule is CC1C2=C3Cc4ccccc4C3=C3C=CCC(C4C=CC(C(C)(C)C)=C4)C3C2(C)C(C)(C)C(C)(C)C1(C)C. The first kappa shape index (κ1) is 26.2. The molecule has 0 spiro atoms. The molecule has 0 nitrogen and oxygen atoms in total. The van der Waals surface area contributed by atoms with E-state index < -0.39 is 0 Å². The van der Waals surface area contributed by atoms with Crippen LogP contribution >= 0.6 is 0 Å². The molecule has 0 saturated heterocycles. The van der Waals surface area contributed by atoms with Gasteiger partial charge in [-0.1, -0.05) is 136 Å². The third-order valence-electron chi connectivity index (χ3n) is 13.4. The summed E-state index contributed by atoms with van der Waals surface area (Å²) in [5.74, 6) is 2.11. The zero-order chi connectivity index (χ0) is 27.6. The third kappa shape index (κ3) is 2.99. The van der Waals surface area contributed by atoms with E-state index in [0.29, 0.717) is 23.7 Å². The van der Waals surface area contributed by atoms with Crippen molar-refractivity contribution in [2.75, 3.05) is 0 Å². The van der Waals surface area contributed by atoms with E-state index >= 15 is 0 Å². The number of allylic oxidation sites excluding steroid dienone is 10. The molecule has 5 unspecified atom stereocenters. The molecule has 5 atom stereocenters. The molecule has 5 aliphatic rings. The maximum Gasteiger partial charge on any atom is 0.00210 e. The van der Waals surface area contributed by atoms with Crippen LogP contribution in [0.25, 0.3) is 5.57 Å². The Labute approximate surface area is 233 Å². The van der Waals surface area contributed by atoms with Gasteiger partial charge in [-0.25, -0.2) is 0 Å². The van der Waals surface area contributed by atoms with Gasteiger partial charge < -0.3 is 0 Å². The topological polar surface area (TPSA) is 0 Å². The zero-order valence-corrected chi connectivity index (χ0v) is 25.9. The van der Waals surface area contributed by atoms with E-state index in [0.717, 1.165) is 6.42 Å². The summed E-state index contributed by atoms with van der Waals surface area (Å²) in [6.07, 6.45) is 15.0. The summed E-state index contributed by atoms with van der Waals surface area (Å²) in [5, 5.41) is 0. The van der Waals surface area contributed by atoms with Gasteiger partial charge in [0.25, 0.3) is 0 Å². The van der Waals surface area contributed by atoms with Crippen LogP contribution in [0.1, 0.15) is 93.7 Å². The van der Waals surface area contributed by atoms with Crippen LogP contribution in [-0.2, 0) is 6.42 Å². The Balaban J connectivity index is 1.66. The quantitative estimate of drug-likeness (QED) is 0.355. The summed E-state index contributed by atoms with van der Waals surface area (Å²) in [7, 11) is 0. The maximum atomic E-state index is 2.70. The van der Waals surface area contributed by atoms with Crippen LogP contribution in [0.5, 0.6) is 0 Å². The molecule has 1 aromatic carbocycles. The Kier molecular flexibility index (Phi) is 5.35. The van der Waals surface area contributed by atoms with Crippen LogP contribution in [0.4, 0.5) is 0 Å². The predicted molar refractivity (Wildman–Crippen MR) is 164 cm³/mol. The van der Waals surface area contributed by atoms with Crippen molar-refractivity contribution in [3.05, 3.63) is 88.1 Å². The zero-order valence-electron chi connectivity index (χ0n) is 25.9. The lowest BCUT2D eigenvalue weighted by Crippen LogP contribution is -2.65. The standard InChI is InChI=1S/C38H50/c1-23-32-30-22-24-15-12-13-16-27(24)31(30)29-18-14-17-28(25-19-20-26(21-25)34(2,3)4)33(29)38(32,11)37(9,10)36(7,8)35(23,5)6/h12-16,18-21,23,25,28,33H,17,22H2,1-11H3. The second-order valence-electron chi connectivity index (χ2n) is 16.0. The van der Waals surface area contributed by atoms with Gasteiger partial charge >= 0.3 is 0 Å². The van der Waals surface area contributed by atoms with E-state index in [1.54, 1.807) is 22.3 Å². The van der Waals surface area contributed by atoms with E-state index in [9.17, 15) is 0 Å². The first-order valence-electron chi connectivity index (χ1n) is 15.2. The molecule has 202 valence electrons. The molecular formula is C38H50. The highest BCUT2D eigenvalue weighted by atomic mass is 14.7. The minimum Gasteiger partial charge on any atom is -0.0839 e. The largest absolute Gasteiger partial charge is 0.0839 e. The molecule has 0 heteroatoms. The summed E-state index contributed by atoms with van der Waals surface area (Å²) < 4.78 is 0. The highest BCUT2D eigenvalue weighted by Crippen LogP contribution is 2.77. The predicted octanol–water partition coefficient (Wildman–Crippen LogP) is 10.4. The fraction of sp³-hybridized carbons (Fsp3) is 0.579. The normalized spacial score (nSPS) is 36.0. The second-order valence-corrected chi connectivity index (χ2v) is 16.0. The summed E-state index contributed by atoms with van der Waals surface area (Å²) in [6, 6.07) is 9.29. The first-order valence-corrected chi connectivity index (χ1v) is 15.2. The lowest BCUT2D eigenvalue weighted by molar-refractivity contribution is -0.166. The minimum absolute atomic E-state index is 0.0865. The van der Waals surface area contributed by atoms with Crippen LogP contribution in [-0.4, -0.2) is 0 Å². The Bertz CT molecular complexity index is 1350. The highest BCUT2D eigenvalue weighted by Gasteiger charge is 2.69. The molecule has 0 aromatic heterocycles. The summed E-state index contributed by atoms with van der Waals surface area (Å²) in [6.45, 7) is 27.9. The summed E-state index contributed by atoms with van der Waals surface area (Å²) in [5.41, 5.74) is 12.0. The van der Waals surface area contributed by atoms with Crippen molar-refractivity contribution < 1.29 is 0 Å². The van der Waals surface area contributed by atoms with Crippen LogP contribution in [0, 0.1) is 50.7 Å². The smallest absolute Gasteiger partial charge is 0.00210 e. The average molecular weight is 507 g/mol. The van der Waals surface area contributed by atoms with Gasteiger partial charge in [0, 0.05) is 5.41 Å². The molecule has 1 aromatic rings. The van der Waals surface area contributed by atoms with Crippen molar-refractivity contribution in [2.24, 2.45) is 50.7 Å². The van der Waals surface area contributed by atoms with Crippen molar-refractivity contribution in [3.8, 4) is 0 Å². The third-order valence-corrected chi connectivity index (χ3v) is 13.4. The van der Waals surface area contributed by atoms with Gasteiger partial charge in [-0.15, -0.1) is 0 Å². The second kappa shape index (κ2) is 7.77. The molecule has 0 radical (unpaired) electrons. The van der Waals surface area contributed by atoms with Gasteiger partial charge in [-0.05, 0) is 91.6 Å². The van der Waals surface area contributed by atoms with Crippen molar-refractivity contribution in [1.29, 1.82) is 0 Å². The van der Waals surface area contributed by atoms with E-state index in [2.05, 4.69) is 131 Å². The lowest BCUT2D eigenvalue weighted by atomic mass is 9.32. The average Bonchev–Trinajstić information content (AvgIpc) is 3.48. The fourth-order valence-electron chi connectivity index (χ4n) is 9.67. The van der Waals surface area contributed by atoms with Crippen molar-refractivity contribution >= 4 is 5.57 Å². The van der Waals surface area contributed by atoms with Crippen molar-refractivity contribution in [3.63, 3.8) is 0 Å². The lowest BCUT2D eigenvalue weighted by Gasteiger charge is -2.72. The molecule has 1 fully saturated rings. The molecular weight excluding hydrogens is 456 g/mol. The first-order chi connectivity index (χ1) is 17.6. The number of rotatable bonds is 1. The molecule has 0 amide bonds. The van der Waals surface area contributed by atoms with Gasteiger partial charge in [0.2, 0.25) is 0 Å². The van der Waals surface area contributed by atoms with E-state index in [1.807, 2.05) is 0 Å². The molecule has 0 N–H and O–H groups in total. The Morgan fingerprint density at radius 3 is 2.21 bits per heavy atom. The summed E-state index contributed by atoms with van der Waals surface area (Å²) in [4.78, 5) is 0. The summed E-state index contributed by atoms with van der Waals surface area (Å²) >= 11 is 0. The molecule has 0 bridgehead atoms. The monoisotopic (exact) mass is 506 g/mol. The van der Waals surface area contributed by atoms with Gasteiger partial charge in [-0.3, -0.25) is 0 Å². The van der Waals surface area contributed by atoms with Crippen molar-refractivity contribution in [2.45, 2.75) is 89.0 Å². The molecule has 1 saturated carbocycles. The van der Waals surface area contributed by atoms with Crippen LogP contribution < -0.4 is 0 Å². The van der Waals surface area contributed by atoms with E-state index in [4.69, 9.17) is 0 Å². The van der Waals surface area contributed by atoms with Gasteiger partial charge in [-0.2, -0.15) is 0 Å². The number of benzene rings is 1. The Morgan fingerprint density at radius 2 is 1.55 bits per heavy atom. The molecule has 5 aliphatic carbocycles. The minimum atomic E-state index is 0.0865. The molecule has 38 heavy (non-hydrogen) atoms. The Morgan fingerprint density at radius 1 is 0.868 bits per heavy atom. The fourth-order valence-corrected chi connectivity index (χ4v) is 9.67. The van der Waals surface area contributed by atoms with Gasteiger partial charge in [0.15, 0.2) is 0 Å².